The van der Waals surface area contributed by atoms with Crippen molar-refractivity contribution in [2.24, 2.45) is 4.99 Å². The molecule has 0 aliphatic carbocycles. The van der Waals surface area contributed by atoms with Gasteiger partial charge in [-0.1, -0.05) is 29.8 Å². The molecule has 0 spiro atoms. The Kier molecular flexibility index (Phi) is 12.3. The Hall–Kier alpha value is -0.540. The lowest BCUT2D eigenvalue weighted by atomic mass is 10.2. The number of guanidine groups is 1. The van der Waals surface area contributed by atoms with Gasteiger partial charge in [0.2, 0.25) is 0 Å². The predicted octanol–water partition coefficient (Wildman–Crippen LogP) is 3.93. The largest absolute Gasteiger partial charge is 0.369 e. The molecule has 0 saturated carbocycles. The van der Waals surface area contributed by atoms with Crippen LogP contribution < -0.4 is 15.5 Å². The van der Waals surface area contributed by atoms with Crippen LogP contribution in [0.5, 0.6) is 0 Å². The molecule has 1 aromatic rings. The normalized spacial score (nSPS) is 17.1. The number of aliphatic imine (C=N–C) groups is 1. The summed E-state index contributed by atoms with van der Waals surface area (Å²) < 4.78 is 1.13. The highest BCUT2D eigenvalue weighted by molar-refractivity contribution is 14.0. The van der Waals surface area contributed by atoms with Crippen molar-refractivity contribution in [3.63, 3.8) is 0 Å². The van der Waals surface area contributed by atoms with Crippen molar-refractivity contribution in [2.75, 3.05) is 51.2 Å². The molecule has 5 nitrogen and oxygen atoms in total. The van der Waals surface area contributed by atoms with Gasteiger partial charge in [0.15, 0.2) is 5.96 Å². The first-order chi connectivity index (χ1) is 12.7. The van der Waals surface area contributed by atoms with Crippen LogP contribution >= 0.6 is 39.9 Å². The Balaban J connectivity index is 0.00000364. The molecule has 27 heavy (non-hydrogen) atoms. The maximum absolute atomic E-state index is 4.39. The summed E-state index contributed by atoms with van der Waals surface area (Å²) in [4.78, 5) is 9.29. The molecule has 1 aliphatic rings. The minimum atomic E-state index is 0. The number of benzene rings is 1. The monoisotopic (exact) mass is 551 g/mol. The first-order valence-corrected chi connectivity index (χ1v) is 10.7. The second kappa shape index (κ2) is 13.6. The zero-order valence-corrected chi connectivity index (χ0v) is 20.8. The van der Waals surface area contributed by atoms with Crippen LogP contribution in [-0.2, 0) is 0 Å². The van der Waals surface area contributed by atoms with Crippen LogP contribution in [0.15, 0.2) is 33.7 Å². The quantitative estimate of drug-likeness (QED) is 0.211. The molecular weight excluding hydrogens is 517 g/mol. The fraction of sp³-hybridized carbons (Fsp3) is 0.650. The lowest BCUT2D eigenvalue weighted by Crippen LogP contribution is -2.45. The zero-order chi connectivity index (χ0) is 18.8. The second-order valence-corrected chi connectivity index (χ2v) is 7.70. The zero-order valence-electron chi connectivity index (χ0n) is 16.9. The molecule has 1 fully saturated rings. The van der Waals surface area contributed by atoms with Gasteiger partial charge in [0.1, 0.15) is 0 Å². The summed E-state index contributed by atoms with van der Waals surface area (Å²) in [5.74, 6) is 0.926. The topological polar surface area (TPSA) is 42.9 Å². The molecule has 0 aromatic heterocycles. The fourth-order valence-corrected chi connectivity index (χ4v) is 3.62. The molecular formula is C20H35BrIN5. The number of hydrogen-bond donors (Lipinski definition) is 2. The molecule has 154 valence electrons. The maximum Gasteiger partial charge on any atom is 0.191 e. The molecule has 0 amide bonds. The first kappa shape index (κ1) is 24.5. The van der Waals surface area contributed by atoms with E-state index in [0.29, 0.717) is 6.04 Å². The van der Waals surface area contributed by atoms with E-state index in [-0.39, 0.29) is 24.0 Å². The maximum atomic E-state index is 4.39. The van der Waals surface area contributed by atoms with E-state index in [1.54, 1.807) is 0 Å². The average molecular weight is 552 g/mol. The molecule has 0 radical (unpaired) electrons. The lowest BCUT2D eigenvalue weighted by molar-refractivity contribution is 0.297. The Morgan fingerprint density at radius 1 is 1.22 bits per heavy atom. The number of rotatable bonds is 9. The number of anilines is 1. The number of nitrogens with one attached hydrogen (secondary N) is 2. The summed E-state index contributed by atoms with van der Waals surface area (Å²) in [5, 5.41) is 7.04. The predicted molar refractivity (Wildman–Crippen MR) is 132 cm³/mol. The van der Waals surface area contributed by atoms with Crippen LogP contribution in [0.25, 0.3) is 0 Å². The van der Waals surface area contributed by atoms with E-state index in [2.05, 4.69) is 79.5 Å². The van der Waals surface area contributed by atoms with Crippen LogP contribution in [0.1, 0.15) is 33.1 Å². The molecule has 2 rings (SSSR count). The van der Waals surface area contributed by atoms with Gasteiger partial charge in [-0.05, 0) is 63.2 Å². The Bertz CT molecular complexity index is 548. The van der Waals surface area contributed by atoms with Crippen LogP contribution in [-0.4, -0.2) is 63.2 Å². The third kappa shape index (κ3) is 8.56. The molecule has 1 aliphatic heterocycles. The van der Waals surface area contributed by atoms with E-state index < -0.39 is 0 Å². The summed E-state index contributed by atoms with van der Waals surface area (Å²) >= 11 is 3.50. The molecule has 0 bridgehead atoms. The van der Waals surface area contributed by atoms with Crippen LogP contribution in [0, 0.1) is 0 Å². The van der Waals surface area contributed by atoms with E-state index in [1.807, 2.05) is 7.05 Å². The molecule has 2 N–H and O–H groups in total. The smallest absolute Gasteiger partial charge is 0.191 e. The van der Waals surface area contributed by atoms with E-state index in [1.165, 1.54) is 25.1 Å². The summed E-state index contributed by atoms with van der Waals surface area (Å²) in [6.45, 7) is 11.0. The summed E-state index contributed by atoms with van der Waals surface area (Å²) in [6, 6.07) is 9.01. The summed E-state index contributed by atoms with van der Waals surface area (Å²) in [6.07, 6.45) is 3.54. The summed E-state index contributed by atoms with van der Waals surface area (Å²) in [5.41, 5.74) is 1.29. The van der Waals surface area contributed by atoms with Crippen molar-refractivity contribution >= 4 is 51.6 Å². The summed E-state index contributed by atoms with van der Waals surface area (Å²) in [7, 11) is 1.85. The van der Waals surface area contributed by atoms with E-state index in [0.717, 1.165) is 49.6 Å². The van der Waals surface area contributed by atoms with Gasteiger partial charge >= 0.3 is 0 Å². The Labute approximate surface area is 190 Å². The average Bonchev–Trinajstić information content (AvgIpc) is 3.12. The highest BCUT2D eigenvalue weighted by Crippen LogP contribution is 2.22. The highest BCUT2D eigenvalue weighted by atomic mass is 127. The Morgan fingerprint density at radius 2 is 1.93 bits per heavy atom. The van der Waals surface area contributed by atoms with E-state index in [4.69, 9.17) is 0 Å². The van der Waals surface area contributed by atoms with Gasteiger partial charge < -0.3 is 20.4 Å². The van der Waals surface area contributed by atoms with E-state index in [9.17, 15) is 0 Å². The molecule has 1 unspecified atom stereocenters. The van der Waals surface area contributed by atoms with Crippen molar-refractivity contribution < 1.29 is 0 Å². The standard InChI is InChI=1S/C20H34BrN5.HI/c1-4-25(5-2)14-7-6-13-23-20(22-3)24-18-12-15-26(16-18)19-10-8-17(21)9-11-19;/h8-11,18H,4-7,12-16H2,1-3H3,(H2,22,23,24);1H. The van der Waals surface area contributed by atoms with Crippen LogP contribution in [0.3, 0.4) is 0 Å². The molecule has 1 heterocycles. The highest BCUT2D eigenvalue weighted by Gasteiger charge is 2.23. The van der Waals surface area contributed by atoms with Crippen LogP contribution in [0.2, 0.25) is 0 Å². The van der Waals surface area contributed by atoms with Gasteiger partial charge in [-0.15, -0.1) is 24.0 Å². The van der Waals surface area contributed by atoms with Crippen molar-refractivity contribution in [2.45, 2.75) is 39.2 Å². The Morgan fingerprint density at radius 3 is 2.56 bits per heavy atom. The molecule has 1 aromatic carbocycles. The number of hydrogen-bond acceptors (Lipinski definition) is 3. The van der Waals surface area contributed by atoms with Crippen molar-refractivity contribution in [1.29, 1.82) is 0 Å². The lowest BCUT2D eigenvalue weighted by Gasteiger charge is -2.21. The van der Waals surface area contributed by atoms with Gasteiger partial charge in [0.05, 0.1) is 0 Å². The van der Waals surface area contributed by atoms with E-state index >= 15 is 0 Å². The van der Waals surface area contributed by atoms with Gasteiger partial charge in [0, 0.05) is 42.9 Å². The van der Waals surface area contributed by atoms with Crippen molar-refractivity contribution in [1.82, 2.24) is 15.5 Å². The fourth-order valence-electron chi connectivity index (χ4n) is 3.36. The SMILES string of the molecule is CCN(CC)CCCCNC(=NC)NC1CCN(c2ccc(Br)cc2)C1.I. The third-order valence-electron chi connectivity index (χ3n) is 5.03. The number of halogens is 2. The molecule has 1 atom stereocenters. The molecule has 7 heteroatoms. The van der Waals surface area contributed by atoms with Gasteiger partial charge in [-0.3, -0.25) is 4.99 Å². The van der Waals surface area contributed by atoms with Crippen molar-refractivity contribution in [3.8, 4) is 0 Å². The minimum absolute atomic E-state index is 0. The van der Waals surface area contributed by atoms with Gasteiger partial charge in [0.25, 0.3) is 0 Å². The van der Waals surface area contributed by atoms with Gasteiger partial charge in [-0.25, -0.2) is 0 Å². The van der Waals surface area contributed by atoms with Gasteiger partial charge in [-0.2, -0.15) is 0 Å². The third-order valence-corrected chi connectivity index (χ3v) is 5.56. The first-order valence-electron chi connectivity index (χ1n) is 9.86. The second-order valence-electron chi connectivity index (χ2n) is 6.79. The number of nitrogens with zero attached hydrogens (tertiary/aromatic N) is 3. The molecule has 1 saturated heterocycles. The minimum Gasteiger partial charge on any atom is -0.369 e. The van der Waals surface area contributed by atoms with Crippen LogP contribution in [0.4, 0.5) is 5.69 Å². The number of unbranched alkanes of at least 4 members (excludes halogenated alkanes) is 1. The van der Waals surface area contributed by atoms with Crippen molar-refractivity contribution in [3.05, 3.63) is 28.7 Å².